The highest BCUT2D eigenvalue weighted by molar-refractivity contribution is 4.85. The smallest absolute Gasteiger partial charge is 0.0827 e. The van der Waals surface area contributed by atoms with E-state index in [1.165, 1.54) is 83.5 Å². The molecule has 2 rings (SSSR count). The van der Waals surface area contributed by atoms with E-state index in [0.29, 0.717) is 0 Å². The van der Waals surface area contributed by atoms with Crippen molar-refractivity contribution in [1.82, 2.24) is 0 Å². The van der Waals surface area contributed by atoms with Crippen LogP contribution in [0.4, 0.5) is 4.39 Å². The first kappa shape index (κ1) is 18.0. The zero-order valence-corrected chi connectivity index (χ0v) is 14.7. The number of allylic oxidation sites excluding steroid dienone is 1. The van der Waals surface area contributed by atoms with Gasteiger partial charge in [-0.1, -0.05) is 57.9 Å². The van der Waals surface area contributed by atoms with Crippen LogP contribution in [0.2, 0.25) is 0 Å². The first-order valence-electron chi connectivity index (χ1n) is 10.1. The molecule has 1 heteroatoms. The average molecular weight is 309 g/mol. The summed E-state index contributed by atoms with van der Waals surface area (Å²) in [6, 6.07) is 0. The molecule has 2 aliphatic rings. The van der Waals surface area contributed by atoms with Crippen LogP contribution in [0.1, 0.15) is 96.8 Å². The first-order chi connectivity index (χ1) is 10.8. The highest BCUT2D eigenvalue weighted by atomic mass is 19.1. The average Bonchev–Trinajstić information content (AvgIpc) is 2.58. The first-order valence-corrected chi connectivity index (χ1v) is 10.1. The maximum Gasteiger partial charge on any atom is 0.0827 e. The maximum atomic E-state index is 12.1. The molecule has 0 aromatic heterocycles. The van der Waals surface area contributed by atoms with Crippen molar-refractivity contribution >= 4 is 0 Å². The lowest BCUT2D eigenvalue weighted by atomic mass is 9.68. The van der Waals surface area contributed by atoms with E-state index >= 15 is 0 Å². The molecule has 128 valence electrons. The molecule has 0 heterocycles. The summed E-state index contributed by atoms with van der Waals surface area (Å²) < 4.78 is 12.1. The Labute approximate surface area is 138 Å². The monoisotopic (exact) mass is 308 g/mol. The lowest BCUT2D eigenvalue weighted by Gasteiger charge is -2.37. The molecule has 0 saturated heterocycles. The minimum absolute atomic E-state index is 0.730. The fourth-order valence-corrected chi connectivity index (χ4v) is 4.95. The molecule has 0 bridgehead atoms. The van der Waals surface area contributed by atoms with E-state index in [-0.39, 0.29) is 0 Å². The number of halogens is 1. The normalized spacial score (nSPS) is 33.4. The molecule has 0 aromatic rings. The zero-order chi connectivity index (χ0) is 15.6. The molecule has 0 amide bonds. The van der Waals surface area contributed by atoms with Crippen molar-refractivity contribution in [2.45, 2.75) is 96.8 Å². The van der Waals surface area contributed by atoms with Crippen molar-refractivity contribution in [3.05, 3.63) is 12.4 Å². The zero-order valence-electron chi connectivity index (χ0n) is 14.7. The molecule has 0 unspecified atom stereocenters. The van der Waals surface area contributed by atoms with Gasteiger partial charge in [0.25, 0.3) is 0 Å². The van der Waals surface area contributed by atoms with Gasteiger partial charge in [-0.05, 0) is 68.6 Å². The van der Waals surface area contributed by atoms with Crippen molar-refractivity contribution in [3.63, 3.8) is 0 Å². The predicted molar refractivity (Wildman–Crippen MR) is 94.5 cm³/mol. The summed E-state index contributed by atoms with van der Waals surface area (Å²) in [5.74, 6) is 3.81. The number of unbranched alkanes of at least 4 members (excludes halogenated alkanes) is 3. The SMILES string of the molecule is CCCCCC[C@H]1CC[C@H]([C@H]2CC[C@H](CC=CF)CC2)CC1. The Morgan fingerprint density at radius 3 is 1.91 bits per heavy atom. The summed E-state index contributed by atoms with van der Waals surface area (Å²) in [6.07, 6.45) is 22.1. The van der Waals surface area contributed by atoms with Crippen molar-refractivity contribution in [1.29, 1.82) is 0 Å². The molecule has 22 heavy (non-hydrogen) atoms. The van der Waals surface area contributed by atoms with Gasteiger partial charge in [0.2, 0.25) is 0 Å². The van der Waals surface area contributed by atoms with Crippen molar-refractivity contribution in [2.24, 2.45) is 23.7 Å². The van der Waals surface area contributed by atoms with Gasteiger partial charge in [-0.25, -0.2) is 4.39 Å². The second-order valence-electron chi connectivity index (χ2n) is 8.01. The van der Waals surface area contributed by atoms with E-state index in [1.807, 2.05) is 0 Å². The van der Waals surface area contributed by atoms with Crippen LogP contribution in [-0.4, -0.2) is 0 Å². The molecule has 2 saturated carbocycles. The van der Waals surface area contributed by atoms with Gasteiger partial charge in [0, 0.05) is 0 Å². The minimum atomic E-state index is 0.730. The molecule has 0 atom stereocenters. The van der Waals surface area contributed by atoms with E-state index in [1.54, 1.807) is 6.08 Å². The Kier molecular flexibility index (Phi) is 8.55. The summed E-state index contributed by atoms with van der Waals surface area (Å²) in [4.78, 5) is 0. The van der Waals surface area contributed by atoms with Gasteiger partial charge in [-0.3, -0.25) is 0 Å². The second kappa shape index (κ2) is 10.4. The number of hydrogen-bond acceptors (Lipinski definition) is 0. The van der Waals surface area contributed by atoms with Gasteiger partial charge < -0.3 is 0 Å². The quantitative estimate of drug-likeness (QED) is 0.409. The fourth-order valence-electron chi connectivity index (χ4n) is 4.95. The summed E-state index contributed by atoms with van der Waals surface area (Å²) in [5, 5.41) is 0. The lowest BCUT2D eigenvalue weighted by molar-refractivity contribution is 0.143. The third-order valence-corrected chi connectivity index (χ3v) is 6.47. The van der Waals surface area contributed by atoms with Crippen LogP contribution >= 0.6 is 0 Å². The summed E-state index contributed by atoms with van der Waals surface area (Å²) in [6.45, 7) is 2.30. The van der Waals surface area contributed by atoms with E-state index in [4.69, 9.17) is 0 Å². The van der Waals surface area contributed by atoms with E-state index in [2.05, 4.69) is 6.92 Å². The minimum Gasteiger partial charge on any atom is -0.216 e. The largest absolute Gasteiger partial charge is 0.216 e. The van der Waals surface area contributed by atoms with Crippen LogP contribution in [0.15, 0.2) is 12.4 Å². The molecular formula is C21H37F. The third kappa shape index (κ3) is 6.05. The molecule has 0 N–H and O–H groups in total. The van der Waals surface area contributed by atoms with Crippen LogP contribution in [0.3, 0.4) is 0 Å². The van der Waals surface area contributed by atoms with Crippen molar-refractivity contribution in [3.8, 4) is 0 Å². The summed E-state index contributed by atoms with van der Waals surface area (Å²) >= 11 is 0. The summed E-state index contributed by atoms with van der Waals surface area (Å²) in [5.41, 5.74) is 0. The van der Waals surface area contributed by atoms with E-state index in [9.17, 15) is 4.39 Å². The topological polar surface area (TPSA) is 0 Å². The predicted octanol–water partition coefficient (Wildman–Crippen LogP) is 7.44. The Balaban J connectivity index is 1.59. The molecule has 0 radical (unpaired) electrons. The highest BCUT2D eigenvalue weighted by Crippen LogP contribution is 2.42. The fraction of sp³-hybridized carbons (Fsp3) is 0.905. The highest BCUT2D eigenvalue weighted by Gasteiger charge is 2.30. The number of hydrogen-bond donors (Lipinski definition) is 0. The number of rotatable bonds is 8. The van der Waals surface area contributed by atoms with Crippen molar-refractivity contribution in [2.75, 3.05) is 0 Å². The lowest BCUT2D eigenvalue weighted by Crippen LogP contribution is -2.25. The van der Waals surface area contributed by atoms with Crippen LogP contribution in [0.25, 0.3) is 0 Å². The van der Waals surface area contributed by atoms with Crippen LogP contribution in [0, 0.1) is 23.7 Å². The van der Waals surface area contributed by atoms with Gasteiger partial charge in [-0.2, -0.15) is 0 Å². The van der Waals surface area contributed by atoms with Gasteiger partial charge in [0.1, 0.15) is 0 Å². The van der Waals surface area contributed by atoms with E-state index < -0.39 is 0 Å². The van der Waals surface area contributed by atoms with Gasteiger partial charge in [0.15, 0.2) is 0 Å². The van der Waals surface area contributed by atoms with Crippen LogP contribution in [0.5, 0.6) is 0 Å². The Morgan fingerprint density at radius 1 is 0.773 bits per heavy atom. The molecule has 0 spiro atoms. The van der Waals surface area contributed by atoms with Crippen LogP contribution in [-0.2, 0) is 0 Å². The Bertz CT molecular complexity index is 293. The Hall–Kier alpha value is -0.330. The molecule has 2 aliphatic carbocycles. The van der Waals surface area contributed by atoms with Crippen LogP contribution < -0.4 is 0 Å². The molecular weight excluding hydrogens is 271 g/mol. The van der Waals surface area contributed by atoms with Crippen molar-refractivity contribution < 1.29 is 4.39 Å². The van der Waals surface area contributed by atoms with E-state index in [0.717, 1.165) is 36.4 Å². The summed E-state index contributed by atoms with van der Waals surface area (Å²) in [7, 11) is 0. The van der Waals surface area contributed by atoms with Gasteiger partial charge in [-0.15, -0.1) is 0 Å². The van der Waals surface area contributed by atoms with Gasteiger partial charge >= 0.3 is 0 Å². The standard InChI is InChI=1S/C21H37F/c1-2-3-4-5-7-18-9-13-20(14-10-18)21-15-11-19(12-16-21)8-6-17-22/h6,17-21H,2-5,7-16H2,1H3/t18-,19-,20-,21-. The van der Waals surface area contributed by atoms with Gasteiger partial charge in [0.05, 0.1) is 6.33 Å². The molecule has 0 aliphatic heterocycles. The molecule has 0 nitrogen and oxygen atoms in total. The molecule has 0 aromatic carbocycles. The Morgan fingerprint density at radius 2 is 1.36 bits per heavy atom. The maximum absolute atomic E-state index is 12.1. The molecule has 2 fully saturated rings. The second-order valence-corrected chi connectivity index (χ2v) is 8.01. The third-order valence-electron chi connectivity index (χ3n) is 6.47.